The molecular formula is C31H34F3N7O4. The fourth-order valence-corrected chi connectivity index (χ4v) is 6.05. The van der Waals surface area contributed by atoms with E-state index in [1.165, 1.54) is 18.1 Å². The molecule has 0 bridgehead atoms. The number of alkyl halides is 3. The van der Waals surface area contributed by atoms with Crippen LogP contribution in [-0.2, 0) is 26.2 Å². The van der Waals surface area contributed by atoms with E-state index < -0.39 is 30.0 Å². The fraction of sp³-hybridized carbons (Fsp3) is 0.419. The predicted molar refractivity (Wildman–Crippen MR) is 158 cm³/mol. The van der Waals surface area contributed by atoms with Gasteiger partial charge in [0.1, 0.15) is 17.4 Å². The summed E-state index contributed by atoms with van der Waals surface area (Å²) in [6.07, 6.45) is -1.58. The summed E-state index contributed by atoms with van der Waals surface area (Å²) in [4.78, 5) is 23.7. The van der Waals surface area contributed by atoms with E-state index in [9.17, 15) is 28.2 Å². The number of benzene rings is 1. The molecule has 1 fully saturated rings. The van der Waals surface area contributed by atoms with Gasteiger partial charge in [0.05, 0.1) is 18.8 Å². The van der Waals surface area contributed by atoms with E-state index in [2.05, 4.69) is 10.1 Å². The molecule has 5 heterocycles. The first-order valence-electron chi connectivity index (χ1n) is 14.5. The average Bonchev–Trinajstić information content (AvgIpc) is 3.53. The van der Waals surface area contributed by atoms with E-state index in [4.69, 9.17) is 9.72 Å². The Balaban J connectivity index is 1.32. The number of aliphatic hydroxyl groups excluding tert-OH is 1. The smallest absolute Gasteiger partial charge is 0.435 e. The second-order valence-electron chi connectivity index (χ2n) is 11.9. The van der Waals surface area contributed by atoms with Crippen molar-refractivity contribution in [2.45, 2.75) is 45.1 Å². The van der Waals surface area contributed by atoms with Gasteiger partial charge in [0, 0.05) is 80.6 Å². The van der Waals surface area contributed by atoms with Crippen molar-refractivity contribution in [2.24, 2.45) is 13.0 Å². The predicted octanol–water partition coefficient (Wildman–Crippen LogP) is 4.45. The van der Waals surface area contributed by atoms with Crippen LogP contribution in [-0.4, -0.2) is 78.3 Å². The zero-order valence-electron chi connectivity index (χ0n) is 25.3. The molecule has 14 heteroatoms. The third-order valence-electron chi connectivity index (χ3n) is 8.56. The number of imidazole rings is 1. The molecule has 0 radical (unpaired) electrons. The van der Waals surface area contributed by atoms with Crippen LogP contribution >= 0.6 is 0 Å². The summed E-state index contributed by atoms with van der Waals surface area (Å²) in [7, 11) is 2.98. The molecule has 2 atom stereocenters. The van der Waals surface area contributed by atoms with Crippen LogP contribution in [0.3, 0.4) is 0 Å². The highest BCUT2D eigenvalue weighted by molar-refractivity contribution is 5.75. The number of carbonyl (C=O) groups is 1. The number of hydrogen-bond donors (Lipinski definition) is 2. The lowest BCUT2D eigenvalue weighted by Crippen LogP contribution is -2.60. The highest BCUT2D eigenvalue weighted by atomic mass is 19.4. The van der Waals surface area contributed by atoms with Gasteiger partial charge in [-0.3, -0.25) is 4.68 Å². The number of hydrogen-bond acceptors (Lipinski definition) is 7. The number of rotatable bonds is 7. The number of ether oxygens (including phenoxy) is 1. The van der Waals surface area contributed by atoms with E-state index in [1.54, 1.807) is 31.6 Å². The Labute approximate surface area is 257 Å². The van der Waals surface area contributed by atoms with E-state index >= 15 is 0 Å². The molecule has 0 aliphatic carbocycles. The topological polar surface area (TPSA) is 122 Å². The fourth-order valence-electron chi connectivity index (χ4n) is 6.05. The monoisotopic (exact) mass is 625 g/mol. The first kappa shape index (κ1) is 30.4. The van der Waals surface area contributed by atoms with Crippen molar-refractivity contribution < 1.29 is 32.9 Å². The van der Waals surface area contributed by atoms with Gasteiger partial charge in [0.2, 0.25) is 0 Å². The molecule has 1 saturated heterocycles. The Hall–Kier alpha value is -4.59. The Morgan fingerprint density at radius 1 is 1.16 bits per heavy atom. The van der Waals surface area contributed by atoms with Crippen molar-refractivity contribution in [3.8, 4) is 16.9 Å². The molecule has 11 nitrogen and oxygen atoms in total. The molecule has 2 aliphatic heterocycles. The Kier molecular flexibility index (Phi) is 7.71. The van der Waals surface area contributed by atoms with Crippen LogP contribution in [0.2, 0.25) is 0 Å². The minimum Gasteiger partial charge on any atom is -0.492 e. The zero-order valence-corrected chi connectivity index (χ0v) is 25.3. The third kappa shape index (κ3) is 5.93. The molecule has 0 unspecified atom stereocenters. The molecule has 0 saturated carbocycles. The highest BCUT2D eigenvalue weighted by Crippen LogP contribution is 2.47. The normalized spacial score (nSPS) is 18.4. The van der Waals surface area contributed by atoms with Crippen LogP contribution in [0.5, 0.6) is 5.75 Å². The highest BCUT2D eigenvalue weighted by Gasteiger charge is 2.40. The Morgan fingerprint density at radius 2 is 1.91 bits per heavy atom. The van der Waals surface area contributed by atoms with Crippen molar-refractivity contribution in [1.82, 2.24) is 29.2 Å². The van der Waals surface area contributed by atoms with Crippen LogP contribution in [0, 0.1) is 19.8 Å². The molecule has 2 N–H and O–H groups in total. The standard InChI is InChI=1S/C31H34F3N7O4/c1-17-7-21(36-26(8-17)41-13-22(14-41)39(4)30(43)44)11-20-16-45-28-23(25-15-38(3)37-29(25)31(32,33)34)9-19(10-24(28)27(20)42)12-40-6-5-35-18(40)2/h5-10,15,20,22,27,42H,11-14,16H2,1-4H3,(H,43,44)/t20-,27-/m0/s1. The van der Waals surface area contributed by atoms with Gasteiger partial charge in [-0.2, -0.15) is 18.3 Å². The Bertz CT molecular complexity index is 1750. The number of halogens is 3. The SMILES string of the molecule is Cc1cc(C[C@H]2COc3c(-c4cn(C)nc4C(F)(F)F)cc(Cn4ccnc4C)cc3[C@H]2O)nc(N2CC(N(C)C(=O)O)C2)c1. The van der Waals surface area contributed by atoms with Crippen LogP contribution in [0.15, 0.2) is 42.9 Å². The molecule has 238 valence electrons. The van der Waals surface area contributed by atoms with Crippen LogP contribution in [0.4, 0.5) is 23.8 Å². The van der Waals surface area contributed by atoms with Crippen LogP contribution in [0.25, 0.3) is 11.1 Å². The molecule has 2 aliphatic rings. The number of aromatic nitrogens is 5. The second-order valence-corrected chi connectivity index (χ2v) is 11.9. The number of likely N-dealkylation sites (N-methyl/N-ethyl adjacent to an activating group) is 1. The second kappa shape index (κ2) is 11.4. The number of fused-ring (bicyclic) bond motifs is 1. The number of anilines is 1. The van der Waals surface area contributed by atoms with E-state index in [0.717, 1.165) is 27.6 Å². The number of carboxylic acid groups (broad SMARTS) is 1. The lowest BCUT2D eigenvalue weighted by Gasteiger charge is -2.43. The first-order valence-corrected chi connectivity index (χ1v) is 14.5. The van der Waals surface area contributed by atoms with Gasteiger partial charge in [-0.15, -0.1) is 0 Å². The number of amides is 1. The number of pyridine rings is 1. The maximum atomic E-state index is 14.0. The largest absolute Gasteiger partial charge is 0.492 e. The lowest BCUT2D eigenvalue weighted by molar-refractivity contribution is -0.141. The van der Waals surface area contributed by atoms with Crippen LogP contribution in [0.1, 0.15) is 40.0 Å². The van der Waals surface area contributed by atoms with Gasteiger partial charge in [-0.05, 0) is 55.7 Å². The maximum absolute atomic E-state index is 14.0. The average molecular weight is 626 g/mol. The summed E-state index contributed by atoms with van der Waals surface area (Å²) in [5, 5.41) is 24.7. The van der Waals surface area contributed by atoms with Gasteiger partial charge < -0.3 is 29.3 Å². The van der Waals surface area contributed by atoms with Crippen molar-refractivity contribution >= 4 is 11.9 Å². The molecule has 3 aromatic heterocycles. The summed E-state index contributed by atoms with van der Waals surface area (Å²) < 4.78 is 51.3. The first-order chi connectivity index (χ1) is 21.3. The van der Waals surface area contributed by atoms with Crippen molar-refractivity contribution in [1.29, 1.82) is 0 Å². The van der Waals surface area contributed by atoms with Crippen molar-refractivity contribution in [3.63, 3.8) is 0 Å². The molecule has 45 heavy (non-hydrogen) atoms. The molecular weight excluding hydrogens is 591 g/mol. The van der Waals surface area contributed by atoms with Crippen molar-refractivity contribution in [3.05, 3.63) is 76.8 Å². The molecule has 0 spiro atoms. The van der Waals surface area contributed by atoms with Crippen molar-refractivity contribution in [2.75, 3.05) is 31.6 Å². The van der Waals surface area contributed by atoms with Gasteiger partial charge >= 0.3 is 12.3 Å². The summed E-state index contributed by atoms with van der Waals surface area (Å²) in [5.41, 5.74) is 1.85. The third-order valence-corrected chi connectivity index (χ3v) is 8.56. The van der Waals surface area contributed by atoms with Gasteiger partial charge in [0.25, 0.3) is 0 Å². The van der Waals surface area contributed by atoms with Gasteiger partial charge in [-0.1, -0.05) is 0 Å². The minimum absolute atomic E-state index is 0.0723. The van der Waals surface area contributed by atoms with E-state index in [-0.39, 0.29) is 29.5 Å². The summed E-state index contributed by atoms with van der Waals surface area (Å²) >= 11 is 0. The number of aliphatic hydroxyl groups is 1. The summed E-state index contributed by atoms with van der Waals surface area (Å²) in [6.45, 7) is 5.24. The molecule has 6 rings (SSSR count). The molecule has 1 amide bonds. The number of nitrogens with zero attached hydrogens (tertiary/aromatic N) is 7. The summed E-state index contributed by atoms with van der Waals surface area (Å²) in [5.74, 6) is 1.25. The zero-order chi connectivity index (χ0) is 32.2. The Morgan fingerprint density at radius 3 is 2.58 bits per heavy atom. The summed E-state index contributed by atoms with van der Waals surface area (Å²) in [6, 6.07) is 7.19. The van der Waals surface area contributed by atoms with E-state index in [0.29, 0.717) is 37.2 Å². The van der Waals surface area contributed by atoms with E-state index in [1.807, 2.05) is 35.4 Å². The molecule has 4 aromatic rings. The molecule has 1 aromatic carbocycles. The minimum atomic E-state index is -4.69. The lowest BCUT2D eigenvalue weighted by atomic mass is 9.86. The number of aryl methyl sites for hydroxylation is 3. The van der Waals surface area contributed by atoms with Gasteiger partial charge in [-0.25, -0.2) is 14.8 Å². The van der Waals surface area contributed by atoms with Gasteiger partial charge in [0.15, 0.2) is 5.69 Å². The van der Waals surface area contributed by atoms with Crippen LogP contribution < -0.4 is 9.64 Å². The quantitative estimate of drug-likeness (QED) is 0.309. The maximum Gasteiger partial charge on any atom is 0.435 e.